The fraction of sp³-hybridized carbons (Fsp3) is 0.206. The van der Waals surface area contributed by atoms with Crippen molar-refractivity contribution >= 4 is 17.9 Å². The van der Waals surface area contributed by atoms with Gasteiger partial charge < -0.3 is 28.4 Å². The van der Waals surface area contributed by atoms with Gasteiger partial charge in [0, 0.05) is 0 Å². The van der Waals surface area contributed by atoms with Crippen LogP contribution in [-0.4, -0.2) is 56.2 Å². The highest BCUT2D eigenvalue weighted by Crippen LogP contribution is 2.28. The number of benzene rings is 4. The molecule has 0 aromatic heterocycles. The summed E-state index contributed by atoms with van der Waals surface area (Å²) in [5.41, 5.74) is 1.64. The van der Waals surface area contributed by atoms with Crippen molar-refractivity contribution in [3.05, 3.63) is 138 Å². The smallest absolute Gasteiger partial charge is 0.338 e. The van der Waals surface area contributed by atoms with Gasteiger partial charge in [-0.1, -0.05) is 66.7 Å². The van der Waals surface area contributed by atoms with E-state index in [4.69, 9.17) is 28.4 Å². The van der Waals surface area contributed by atoms with Crippen LogP contribution in [0, 0.1) is 0 Å². The molecule has 0 unspecified atom stereocenters. The highest BCUT2D eigenvalue weighted by molar-refractivity contribution is 5.91. The summed E-state index contributed by atoms with van der Waals surface area (Å²) in [7, 11) is 1.57. The van der Waals surface area contributed by atoms with Gasteiger partial charge in [-0.25, -0.2) is 14.4 Å². The van der Waals surface area contributed by atoms with E-state index in [9.17, 15) is 14.4 Å². The molecule has 0 bridgehead atoms. The molecule has 4 aromatic carbocycles. The zero-order valence-electron chi connectivity index (χ0n) is 23.4. The van der Waals surface area contributed by atoms with E-state index in [0.717, 1.165) is 5.56 Å². The Morgan fingerprint density at radius 2 is 1.09 bits per heavy atom. The van der Waals surface area contributed by atoms with Gasteiger partial charge in [-0.15, -0.1) is 0 Å². The van der Waals surface area contributed by atoms with E-state index in [1.54, 1.807) is 110 Å². The van der Waals surface area contributed by atoms with Crippen molar-refractivity contribution in [2.45, 2.75) is 31.2 Å². The first-order valence-electron chi connectivity index (χ1n) is 13.7. The topological polar surface area (TPSA) is 107 Å². The van der Waals surface area contributed by atoms with E-state index in [1.165, 1.54) is 0 Å². The number of carbonyl (C=O) groups excluding carboxylic acids is 3. The molecule has 5 rings (SSSR count). The Balaban J connectivity index is 1.44. The zero-order valence-corrected chi connectivity index (χ0v) is 23.4. The summed E-state index contributed by atoms with van der Waals surface area (Å²) in [5, 5.41) is 0. The van der Waals surface area contributed by atoms with Crippen LogP contribution in [0.1, 0.15) is 36.6 Å². The van der Waals surface area contributed by atoms with Crippen LogP contribution in [-0.2, 0) is 30.3 Å². The number of hydrogen-bond acceptors (Lipinski definition) is 9. The third-order valence-electron chi connectivity index (χ3n) is 6.73. The second-order valence-corrected chi connectivity index (χ2v) is 9.64. The van der Waals surface area contributed by atoms with Crippen LogP contribution in [0.5, 0.6) is 5.75 Å². The summed E-state index contributed by atoms with van der Waals surface area (Å²) in [4.78, 5) is 39.6. The SMILES string of the molecule is COc1ccc(CO[C@@H]2OC[C@H](OC(=O)c3ccccc3)[C@H](OC(=O)c3ccccc3)[C@H]2OC(=O)c2ccccc2)cc1. The number of hydrogen-bond donors (Lipinski definition) is 0. The molecule has 1 saturated heterocycles. The van der Waals surface area contributed by atoms with Crippen molar-refractivity contribution < 1.29 is 42.8 Å². The van der Waals surface area contributed by atoms with Gasteiger partial charge in [0.1, 0.15) is 5.75 Å². The van der Waals surface area contributed by atoms with E-state index >= 15 is 0 Å². The lowest BCUT2D eigenvalue weighted by Gasteiger charge is -2.40. The van der Waals surface area contributed by atoms with Gasteiger partial charge >= 0.3 is 17.9 Å². The first-order valence-corrected chi connectivity index (χ1v) is 13.7. The summed E-state index contributed by atoms with van der Waals surface area (Å²) in [5.74, 6) is -1.35. The van der Waals surface area contributed by atoms with Crippen LogP contribution < -0.4 is 4.74 Å². The number of ether oxygens (including phenoxy) is 6. The Morgan fingerprint density at radius 3 is 1.58 bits per heavy atom. The third-order valence-corrected chi connectivity index (χ3v) is 6.73. The maximum atomic E-state index is 13.3. The van der Waals surface area contributed by atoms with E-state index in [1.807, 2.05) is 12.1 Å². The van der Waals surface area contributed by atoms with Crippen LogP contribution in [0.25, 0.3) is 0 Å². The van der Waals surface area contributed by atoms with Crippen LogP contribution in [0.3, 0.4) is 0 Å². The Morgan fingerprint density at radius 1 is 0.628 bits per heavy atom. The quantitative estimate of drug-likeness (QED) is 0.183. The molecule has 1 aliphatic rings. The molecule has 1 fully saturated rings. The molecule has 0 amide bonds. The highest BCUT2D eigenvalue weighted by atomic mass is 16.7. The zero-order chi connectivity index (χ0) is 30.0. The van der Waals surface area contributed by atoms with Crippen molar-refractivity contribution in [3.8, 4) is 5.75 Å². The fourth-order valence-electron chi connectivity index (χ4n) is 4.47. The Kier molecular flexibility index (Phi) is 9.78. The molecule has 220 valence electrons. The molecule has 9 nitrogen and oxygen atoms in total. The molecule has 0 N–H and O–H groups in total. The summed E-state index contributed by atoms with van der Waals surface area (Å²) >= 11 is 0. The second-order valence-electron chi connectivity index (χ2n) is 9.64. The van der Waals surface area contributed by atoms with E-state index in [-0.39, 0.29) is 24.3 Å². The molecule has 0 saturated carbocycles. The lowest BCUT2D eigenvalue weighted by atomic mass is 10.0. The third kappa shape index (κ3) is 7.65. The van der Waals surface area contributed by atoms with Crippen LogP contribution in [0.4, 0.5) is 0 Å². The molecular weight excluding hydrogens is 552 g/mol. The highest BCUT2D eigenvalue weighted by Gasteiger charge is 2.48. The summed E-state index contributed by atoms with van der Waals surface area (Å²) in [6.45, 7) is -0.0974. The lowest BCUT2D eigenvalue weighted by Crippen LogP contribution is -2.58. The minimum absolute atomic E-state index is 0.0852. The average Bonchev–Trinajstić information content (AvgIpc) is 3.07. The number of methoxy groups -OCH3 is 1. The monoisotopic (exact) mass is 582 g/mol. The van der Waals surface area contributed by atoms with Gasteiger partial charge in [0.2, 0.25) is 0 Å². The van der Waals surface area contributed by atoms with Crippen molar-refractivity contribution in [1.29, 1.82) is 0 Å². The Labute approximate surface area is 248 Å². The van der Waals surface area contributed by atoms with Gasteiger partial charge in [0.05, 0.1) is 37.0 Å². The maximum Gasteiger partial charge on any atom is 0.338 e. The first-order chi connectivity index (χ1) is 21.0. The summed E-state index contributed by atoms with van der Waals surface area (Å²) in [6, 6.07) is 32.3. The molecular formula is C34H30O9. The molecule has 43 heavy (non-hydrogen) atoms. The molecule has 9 heteroatoms. The van der Waals surface area contributed by atoms with Crippen LogP contribution >= 0.6 is 0 Å². The van der Waals surface area contributed by atoms with Crippen molar-refractivity contribution in [2.24, 2.45) is 0 Å². The molecule has 0 radical (unpaired) electrons. The molecule has 4 aromatic rings. The molecule has 1 heterocycles. The molecule has 0 spiro atoms. The Hall–Kier alpha value is -4.99. The minimum atomic E-state index is -1.29. The van der Waals surface area contributed by atoms with Gasteiger partial charge in [0.15, 0.2) is 24.6 Å². The van der Waals surface area contributed by atoms with Crippen molar-refractivity contribution in [3.63, 3.8) is 0 Å². The minimum Gasteiger partial charge on any atom is -0.497 e. The van der Waals surface area contributed by atoms with Gasteiger partial charge in [-0.05, 0) is 54.1 Å². The average molecular weight is 583 g/mol. The van der Waals surface area contributed by atoms with Crippen LogP contribution in [0.2, 0.25) is 0 Å². The largest absolute Gasteiger partial charge is 0.497 e. The maximum absolute atomic E-state index is 13.3. The number of carbonyl (C=O) groups is 3. The predicted octanol–water partition coefficient (Wildman–Crippen LogP) is 5.24. The van der Waals surface area contributed by atoms with Crippen LogP contribution in [0.15, 0.2) is 115 Å². The normalized spacial score (nSPS) is 19.6. The van der Waals surface area contributed by atoms with Crippen molar-refractivity contribution in [2.75, 3.05) is 13.7 Å². The summed E-state index contributed by atoms with van der Waals surface area (Å²) < 4.78 is 34.9. The molecule has 1 aliphatic heterocycles. The van der Waals surface area contributed by atoms with Gasteiger partial charge in [0.25, 0.3) is 0 Å². The number of esters is 3. The molecule has 4 atom stereocenters. The Bertz CT molecular complexity index is 1490. The van der Waals surface area contributed by atoms with Crippen molar-refractivity contribution in [1.82, 2.24) is 0 Å². The standard InChI is InChI=1S/C34H30O9/c1-38-27-19-17-23(18-20-27)21-39-34-30(43-33(37)26-15-9-4-10-16-26)29(42-32(36)25-13-7-3-8-14-25)28(22-40-34)41-31(35)24-11-5-2-6-12-24/h2-20,28-30,34H,21-22H2,1H3/t28-,29-,30+,34+/m0/s1. The van der Waals surface area contributed by atoms with E-state index in [0.29, 0.717) is 11.3 Å². The van der Waals surface area contributed by atoms with E-state index in [2.05, 4.69) is 0 Å². The van der Waals surface area contributed by atoms with Gasteiger partial charge in [-0.2, -0.15) is 0 Å². The van der Waals surface area contributed by atoms with Gasteiger partial charge in [-0.3, -0.25) is 0 Å². The second kappa shape index (κ2) is 14.3. The van der Waals surface area contributed by atoms with E-state index < -0.39 is 42.5 Å². The number of rotatable bonds is 10. The first kappa shape index (κ1) is 29.5. The summed E-state index contributed by atoms with van der Waals surface area (Å²) in [6.07, 6.45) is -4.83. The predicted molar refractivity (Wildman–Crippen MR) is 154 cm³/mol. The molecule has 0 aliphatic carbocycles. The lowest BCUT2D eigenvalue weighted by molar-refractivity contribution is -0.271. The fourth-order valence-corrected chi connectivity index (χ4v) is 4.47.